The molecule has 0 N–H and O–H groups in total. The average Bonchev–Trinajstić information content (AvgIpc) is 1.62. The highest BCUT2D eigenvalue weighted by Crippen LogP contribution is 2.27. The highest BCUT2D eigenvalue weighted by molar-refractivity contribution is 6.30. The van der Waals surface area contributed by atoms with Gasteiger partial charge in [-0.05, 0) is 11.6 Å². The van der Waals surface area contributed by atoms with E-state index in [2.05, 4.69) is 16.3 Å². The summed E-state index contributed by atoms with van der Waals surface area (Å²) in [6.45, 7) is 0. The number of methoxy groups -OCH3 is 1. The number of alkyl halides is 4. The van der Waals surface area contributed by atoms with Crippen molar-refractivity contribution in [3.63, 3.8) is 0 Å². The maximum atomic E-state index is 11.6. The Bertz CT molecular complexity index is 72.2. The van der Waals surface area contributed by atoms with E-state index in [0.29, 0.717) is 0 Å². The molecule has 1 unspecified atom stereocenters. The minimum absolute atomic E-state index is 1.05. The Hall–Kier alpha value is 0.400. The number of halogens is 4. The fraction of sp³-hybridized carbons (Fsp3) is 1.00. The van der Waals surface area contributed by atoms with Crippen molar-refractivity contribution in [3.8, 4) is 0 Å². The van der Waals surface area contributed by atoms with Gasteiger partial charge in [0.15, 0.2) is 0 Å². The first-order valence-electron chi connectivity index (χ1n) is 1.72. The molecule has 5 heteroatoms. The molecule has 0 aliphatic rings. The van der Waals surface area contributed by atoms with E-state index in [-0.39, 0.29) is 0 Å². The summed E-state index contributed by atoms with van der Waals surface area (Å²) in [5, 5.41) is -3.48. The summed E-state index contributed by atoms with van der Waals surface area (Å²) < 4.78 is 27.2. The predicted octanol–water partition coefficient (Wildman–Crippen LogP) is 2.03. The first-order valence-corrected chi connectivity index (χ1v) is 2.53. The molecular weight excluding hydrogens is 161 g/mol. The van der Waals surface area contributed by atoms with Gasteiger partial charge in [-0.3, -0.25) is 0 Å². The number of hydrogen-bond acceptors (Lipinski definition) is 1. The Labute approximate surface area is 55.5 Å². The second kappa shape index (κ2) is 2.80. The molecule has 50 valence electrons. The van der Waals surface area contributed by atoms with Crippen LogP contribution in [-0.4, -0.2) is 18.1 Å². The quantitative estimate of drug-likeness (QED) is 0.568. The Balaban J connectivity index is 3.62. The molecule has 0 aliphatic heterocycles. The second-order valence-corrected chi connectivity index (χ2v) is 1.99. The highest BCUT2D eigenvalue weighted by Gasteiger charge is 2.35. The molecule has 0 spiro atoms. The van der Waals surface area contributed by atoms with Crippen LogP contribution in [0.3, 0.4) is 0 Å². The third kappa shape index (κ3) is 2.64. The van der Waals surface area contributed by atoms with Crippen LogP contribution in [0.4, 0.5) is 8.78 Å². The van der Waals surface area contributed by atoms with Gasteiger partial charge in [-0.25, -0.2) is 0 Å². The summed E-state index contributed by atoms with van der Waals surface area (Å²) in [6, 6.07) is 0. The van der Waals surface area contributed by atoms with E-state index in [1.807, 2.05) is 0 Å². The minimum Gasteiger partial charge on any atom is -0.358 e. The lowest BCUT2D eigenvalue weighted by molar-refractivity contribution is -0.0191. The fourth-order valence-corrected chi connectivity index (χ4v) is 0.223. The van der Waals surface area contributed by atoms with Gasteiger partial charge in [0.05, 0.1) is 0 Å². The smallest absolute Gasteiger partial charge is 0.358 e. The van der Waals surface area contributed by atoms with Crippen LogP contribution in [0.1, 0.15) is 0 Å². The molecule has 0 saturated carbocycles. The zero-order valence-corrected chi connectivity index (χ0v) is 5.51. The van der Waals surface area contributed by atoms with Gasteiger partial charge in [0.25, 0.3) is 0 Å². The van der Waals surface area contributed by atoms with Gasteiger partial charge in [-0.2, -0.15) is 8.78 Å². The molecule has 0 fully saturated rings. The molecule has 1 nitrogen and oxygen atoms in total. The van der Waals surface area contributed by atoms with Crippen LogP contribution < -0.4 is 0 Å². The van der Waals surface area contributed by atoms with E-state index in [4.69, 9.17) is 11.6 Å². The lowest BCUT2D eigenvalue weighted by atomic mass is 10.7. The van der Waals surface area contributed by atoms with Crippen LogP contribution in [-0.2, 0) is 4.74 Å². The molecule has 0 aromatic carbocycles. The molecule has 1 atom stereocenters. The Morgan fingerprint density at radius 1 is 1.62 bits per heavy atom. The van der Waals surface area contributed by atoms with Crippen LogP contribution in [0.5, 0.6) is 0 Å². The van der Waals surface area contributed by atoms with Crippen molar-refractivity contribution < 1.29 is 13.5 Å². The summed E-state index contributed by atoms with van der Waals surface area (Å²) in [7, 11) is 1.05. The van der Waals surface area contributed by atoms with Crippen LogP contribution in [0.2, 0.25) is 0 Å². The van der Waals surface area contributed by atoms with Crippen LogP contribution in [0, 0.1) is 0 Å². The highest BCUT2D eigenvalue weighted by atomic mass is 35.5. The van der Waals surface area contributed by atoms with Crippen LogP contribution >= 0.6 is 23.2 Å². The molecule has 0 saturated heterocycles. The summed E-state index contributed by atoms with van der Waals surface area (Å²) in [4.78, 5) is 0. The van der Waals surface area contributed by atoms with Gasteiger partial charge >= 0.3 is 5.38 Å². The maximum absolute atomic E-state index is 11.6. The summed E-state index contributed by atoms with van der Waals surface area (Å²) >= 11 is 9.23. The van der Waals surface area contributed by atoms with E-state index >= 15 is 0 Å². The predicted molar refractivity (Wildman–Crippen MR) is 27.4 cm³/mol. The fourth-order valence-electron chi connectivity index (χ4n) is 0.134. The van der Waals surface area contributed by atoms with Crippen LogP contribution in [0.25, 0.3) is 0 Å². The van der Waals surface area contributed by atoms with Crippen molar-refractivity contribution in [1.82, 2.24) is 0 Å². The molecule has 0 amide bonds. The lowest BCUT2D eigenvalue weighted by Gasteiger charge is -2.11. The van der Waals surface area contributed by atoms with Gasteiger partial charge in [0.2, 0.25) is 5.56 Å². The van der Waals surface area contributed by atoms with E-state index in [9.17, 15) is 8.78 Å². The number of rotatable bonds is 2. The van der Waals surface area contributed by atoms with Gasteiger partial charge < -0.3 is 4.74 Å². The van der Waals surface area contributed by atoms with Crippen molar-refractivity contribution in [2.75, 3.05) is 7.11 Å². The van der Waals surface area contributed by atoms with E-state index in [1.165, 1.54) is 0 Å². The summed E-state index contributed by atoms with van der Waals surface area (Å²) in [5.74, 6) is 0. The lowest BCUT2D eigenvalue weighted by Crippen LogP contribution is -2.23. The van der Waals surface area contributed by atoms with E-state index in [1.54, 1.807) is 0 Å². The molecule has 0 rings (SSSR count). The Morgan fingerprint density at radius 2 is 2.00 bits per heavy atom. The third-order valence-electron chi connectivity index (χ3n) is 0.464. The van der Waals surface area contributed by atoms with E-state index in [0.717, 1.165) is 7.11 Å². The number of hydrogen-bond donors (Lipinski definition) is 0. The molecule has 0 radical (unpaired) electrons. The topological polar surface area (TPSA) is 9.23 Å². The van der Waals surface area contributed by atoms with Crippen molar-refractivity contribution in [2.45, 2.75) is 10.9 Å². The van der Waals surface area contributed by atoms with Crippen molar-refractivity contribution in [1.29, 1.82) is 0 Å². The summed E-state index contributed by atoms with van der Waals surface area (Å²) in [6.07, 6.45) is 0. The molecule has 0 aromatic rings. The maximum Gasteiger partial charge on any atom is 0.361 e. The SMILES string of the molecule is COC(Cl)C(F)(F)Cl. The normalized spacial score (nSPS) is 16.1. The molecule has 0 aromatic heterocycles. The Morgan fingerprint density at radius 3 is 2.00 bits per heavy atom. The monoisotopic (exact) mass is 164 g/mol. The standard InChI is InChI=1S/C3H4Cl2F2O/c1-8-2(4)3(5,6)7/h2H,1H3. The average molecular weight is 165 g/mol. The van der Waals surface area contributed by atoms with Crippen molar-refractivity contribution in [3.05, 3.63) is 0 Å². The third-order valence-corrected chi connectivity index (χ3v) is 1.23. The van der Waals surface area contributed by atoms with Gasteiger partial charge in [0.1, 0.15) is 0 Å². The van der Waals surface area contributed by atoms with E-state index < -0.39 is 10.9 Å². The zero-order valence-electron chi connectivity index (χ0n) is 4.00. The first kappa shape index (κ1) is 8.40. The second-order valence-electron chi connectivity index (χ2n) is 1.09. The molecule has 0 aliphatic carbocycles. The minimum atomic E-state index is -3.48. The van der Waals surface area contributed by atoms with Gasteiger partial charge in [0, 0.05) is 7.11 Å². The molecule has 8 heavy (non-hydrogen) atoms. The van der Waals surface area contributed by atoms with Gasteiger partial charge in [-0.1, -0.05) is 11.6 Å². The summed E-state index contributed by atoms with van der Waals surface area (Å²) in [5.41, 5.74) is -1.75. The first-order chi connectivity index (χ1) is 3.48. The number of ether oxygens (including phenoxy) is 1. The molecular formula is C3H4Cl2F2O. The van der Waals surface area contributed by atoms with Crippen LogP contribution in [0.15, 0.2) is 0 Å². The zero-order chi connectivity index (χ0) is 6.78. The molecule has 0 bridgehead atoms. The van der Waals surface area contributed by atoms with Crippen molar-refractivity contribution >= 4 is 23.2 Å². The van der Waals surface area contributed by atoms with Gasteiger partial charge in [-0.15, -0.1) is 0 Å². The van der Waals surface area contributed by atoms with Crippen molar-refractivity contribution in [2.24, 2.45) is 0 Å². The molecule has 0 heterocycles. The Kier molecular flexibility index (Phi) is 2.94. The largest absolute Gasteiger partial charge is 0.361 e.